The Kier molecular flexibility index (Phi) is 8.08. The quantitative estimate of drug-likeness (QED) is 0.297. The molecule has 0 radical (unpaired) electrons. The molecule has 0 unspecified atom stereocenters. The van der Waals surface area contributed by atoms with Crippen molar-refractivity contribution in [2.24, 2.45) is 0 Å². The minimum absolute atomic E-state index is 0.0257. The molecule has 0 atom stereocenters. The van der Waals surface area contributed by atoms with Gasteiger partial charge in [0.25, 0.3) is 11.8 Å². The summed E-state index contributed by atoms with van der Waals surface area (Å²) in [6.45, 7) is 0.379. The topological polar surface area (TPSA) is 164 Å². The summed E-state index contributed by atoms with van der Waals surface area (Å²) in [4.78, 5) is 38.9. The van der Waals surface area contributed by atoms with Gasteiger partial charge in [0.2, 0.25) is 15.7 Å². The highest BCUT2D eigenvalue weighted by molar-refractivity contribution is 7.90. The Bertz CT molecular complexity index is 1080. The molecule has 13 nitrogen and oxygen atoms in total. The van der Waals surface area contributed by atoms with E-state index in [4.69, 9.17) is 18.6 Å². The molecule has 0 saturated carbocycles. The highest BCUT2D eigenvalue weighted by atomic mass is 32.2. The van der Waals surface area contributed by atoms with Gasteiger partial charge in [-0.25, -0.2) is 13.2 Å². The van der Waals surface area contributed by atoms with Crippen molar-refractivity contribution in [3.05, 3.63) is 24.3 Å². The standard InChI is InChI=1S/C19H21N3O10S/c1-33(26,27)19-21-20-18(31-19)13-2-4-14(5-3-13)30-11-10-28-8-9-29-12-17(25)32-22-15(23)6-7-16(22)24/h2-5H,6-12H2,1H3. The molecule has 1 aromatic heterocycles. The van der Waals surface area contributed by atoms with Crippen molar-refractivity contribution >= 4 is 27.6 Å². The third-order valence-electron chi connectivity index (χ3n) is 4.11. The van der Waals surface area contributed by atoms with Crippen LogP contribution in [0.5, 0.6) is 5.75 Å². The Morgan fingerprint density at radius 2 is 1.64 bits per heavy atom. The number of amides is 2. The first-order chi connectivity index (χ1) is 15.7. The number of sulfone groups is 1. The van der Waals surface area contributed by atoms with Crippen LogP contribution in [0.4, 0.5) is 0 Å². The first-order valence-electron chi connectivity index (χ1n) is 9.73. The van der Waals surface area contributed by atoms with Crippen molar-refractivity contribution < 1.29 is 46.3 Å². The molecule has 0 spiro atoms. The van der Waals surface area contributed by atoms with E-state index in [-0.39, 0.29) is 45.2 Å². The molecule has 1 fully saturated rings. The van der Waals surface area contributed by atoms with E-state index < -0.39 is 39.5 Å². The maximum absolute atomic E-state index is 11.5. The summed E-state index contributed by atoms with van der Waals surface area (Å²) in [5.41, 5.74) is 0.537. The summed E-state index contributed by atoms with van der Waals surface area (Å²) in [5.74, 6) is -1.33. The Labute approximate surface area is 188 Å². The molecule has 1 aromatic carbocycles. The number of aromatic nitrogens is 2. The third kappa shape index (κ3) is 7.06. The number of nitrogens with zero attached hydrogens (tertiary/aromatic N) is 3. The van der Waals surface area contributed by atoms with Crippen molar-refractivity contribution in [1.82, 2.24) is 15.3 Å². The molecule has 2 heterocycles. The van der Waals surface area contributed by atoms with Gasteiger partial charge in [0.1, 0.15) is 19.0 Å². The van der Waals surface area contributed by atoms with Crippen LogP contribution in [0.3, 0.4) is 0 Å². The Morgan fingerprint density at radius 3 is 2.27 bits per heavy atom. The van der Waals surface area contributed by atoms with E-state index >= 15 is 0 Å². The number of carbonyl (C=O) groups is 3. The Morgan fingerprint density at radius 1 is 1.00 bits per heavy atom. The van der Waals surface area contributed by atoms with Gasteiger partial charge in [-0.2, -0.15) is 0 Å². The second-order valence-electron chi connectivity index (χ2n) is 6.73. The molecule has 2 amide bonds. The van der Waals surface area contributed by atoms with E-state index in [1.165, 1.54) is 0 Å². The van der Waals surface area contributed by atoms with Crippen LogP contribution in [-0.4, -0.2) is 80.8 Å². The molecule has 14 heteroatoms. The first-order valence-corrected chi connectivity index (χ1v) is 11.6. The fourth-order valence-corrected chi connectivity index (χ4v) is 2.97. The predicted octanol–water partition coefficient (Wildman–Crippen LogP) is 0.159. The van der Waals surface area contributed by atoms with E-state index in [0.29, 0.717) is 16.4 Å². The molecule has 33 heavy (non-hydrogen) atoms. The van der Waals surface area contributed by atoms with Gasteiger partial charge in [-0.15, -0.1) is 10.2 Å². The summed E-state index contributed by atoms with van der Waals surface area (Å²) in [7, 11) is -3.57. The van der Waals surface area contributed by atoms with Crippen molar-refractivity contribution in [3.8, 4) is 17.2 Å². The second-order valence-corrected chi connectivity index (χ2v) is 8.62. The smallest absolute Gasteiger partial charge is 0.358 e. The Balaban J connectivity index is 1.27. The van der Waals surface area contributed by atoms with Gasteiger partial charge in [-0.3, -0.25) is 9.59 Å². The highest BCUT2D eigenvalue weighted by Crippen LogP contribution is 2.22. The van der Waals surface area contributed by atoms with Crippen LogP contribution in [-0.2, 0) is 38.5 Å². The SMILES string of the molecule is CS(=O)(=O)c1nnc(-c2ccc(OCCOCCOCC(=O)ON3C(=O)CCC3=O)cc2)o1. The van der Waals surface area contributed by atoms with Crippen molar-refractivity contribution in [2.75, 3.05) is 39.3 Å². The molecule has 0 aliphatic carbocycles. The number of benzene rings is 1. The molecule has 178 valence electrons. The average molecular weight is 483 g/mol. The van der Waals surface area contributed by atoms with Crippen molar-refractivity contribution in [3.63, 3.8) is 0 Å². The van der Waals surface area contributed by atoms with Gasteiger partial charge in [0.05, 0.1) is 19.8 Å². The molecule has 1 aliphatic heterocycles. The summed E-state index contributed by atoms with van der Waals surface area (Å²) in [6.07, 6.45) is 1.03. The lowest BCUT2D eigenvalue weighted by atomic mass is 10.2. The van der Waals surface area contributed by atoms with Gasteiger partial charge in [-0.1, -0.05) is 5.10 Å². The Hall–Kier alpha value is -3.36. The molecule has 2 aromatic rings. The molecular weight excluding hydrogens is 462 g/mol. The first kappa shape index (κ1) is 24.3. The number of hydrogen-bond donors (Lipinski definition) is 0. The van der Waals surface area contributed by atoms with E-state index in [0.717, 1.165) is 6.26 Å². The van der Waals surface area contributed by atoms with Gasteiger partial charge in [-0.05, 0) is 24.3 Å². The zero-order valence-corrected chi connectivity index (χ0v) is 18.4. The van der Waals surface area contributed by atoms with Crippen LogP contribution in [0, 0.1) is 0 Å². The lowest BCUT2D eigenvalue weighted by Crippen LogP contribution is -2.33. The fraction of sp³-hybridized carbons (Fsp3) is 0.421. The number of hydroxylamine groups is 2. The van der Waals surface area contributed by atoms with E-state index in [2.05, 4.69) is 15.0 Å². The van der Waals surface area contributed by atoms with Crippen molar-refractivity contribution in [2.45, 2.75) is 18.1 Å². The zero-order valence-electron chi connectivity index (χ0n) is 17.6. The lowest BCUT2D eigenvalue weighted by molar-refractivity contribution is -0.200. The largest absolute Gasteiger partial charge is 0.491 e. The third-order valence-corrected chi connectivity index (χ3v) is 4.91. The molecule has 3 rings (SSSR count). The average Bonchev–Trinajstić information content (AvgIpc) is 3.39. The summed E-state index contributed by atoms with van der Waals surface area (Å²) in [5, 5.41) is 7.21. The van der Waals surface area contributed by atoms with Crippen LogP contribution in [0.15, 0.2) is 33.9 Å². The van der Waals surface area contributed by atoms with Gasteiger partial charge >= 0.3 is 11.2 Å². The van der Waals surface area contributed by atoms with Crippen LogP contribution in [0.25, 0.3) is 11.5 Å². The molecular formula is C19H21N3O10S. The van der Waals surface area contributed by atoms with E-state index in [9.17, 15) is 22.8 Å². The minimum Gasteiger partial charge on any atom is -0.491 e. The summed E-state index contributed by atoms with van der Waals surface area (Å²) >= 11 is 0. The fourth-order valence-electron chi connectivity index (χ4n) is 2.55. The van der Waals surface area contributed by atoms with Crippen LogP contribution in [0.2, 0.25) is 0 Å². The number of rotatable bonds is 12. The van der Waals surface area contributed by atoms with Gasteiger partial charge in [0, 0.05) is 24.7 Å². The number of hydrogen-bond acceptors (Lipinski definition) is 12. The zero-order chi connectivity index (χ0) is 23.8. The molecule has 1 saturated heterocycles. The molecule has 1 aliphatic rings. The lowest BCUT2D eigenvalue weighted by Gasteiger charge is -2.12. The van der Waals surface area contributed by atoms with Crippen LogP contribution >= 0.6 is 0 Å². The normalized spacial score (nSPS) is 14.0. The van der Waals surface area contributed by atoms with Gasteiger partial charge < -0.3 is 23.5 Å². The maximum Gasteiger partial charge on any atom is 0.358 e. The van der Waals surface area contributed by atoms with E-state index in [1.54, 1.807) is 24.3 Å². The predicted molar refractivity (Wildman–Crippen MR) is 107 cm³/mol. The van der Waals surface area contributed by atoms with E-state index in [1.807, 2.05) is 0 Å². The summed E-state index contributed by atoms with van der Waals surface area (Å²) in [6, 6.07) is 6.60. The number of carbonyl (C=O) groups excluding carboxylic acids is 3. The van der Waals surface area contributed by atoms with Crippen LogP contribution < -0.4 is 4.74 Å². The molecule has 0 N–H and O–H groups in total. The highest BCUT2D eigenvalue weighted by Gasteiger charge is 2.32. The number of ether oxygens (including phenoxy) is 3. The van der Waals surface area contributed by atoms with Crippen LogP contribution in [0.1, 0.15) is 12.8 Å². The van der Waals surface area contributed by atoms with Gasteiger partial charge in [0.15, 0.2) is 0 Å². The van der Waals surface area contributed by atoms with Crippen molar-refractivity contribution in [1.29, 1.82) is 0 Å². The maximum atomic E-state index is 11.5. The monoisotopic (exact) mass is 483 g/mol. The second kappa shape index (κ2) is 11.0. The minimum atomic E-state index is -3.57. The number of imide groups is 1. The summed E-state index contributed by atoms with van der Waals surface area (Å²) < 4.78 is 43.8. The molecule has 0 bridgehead atoms.